The monoisotopic (exact) mass is 324 g/mol. The maximum absolute atomic E-state index is 12.6. The summed E-state index contributed by atoms with van der Waals surface area (Å²) in [6.07, 6.45) is 0. The van der Waals surface area contributed by atoms with Crippen LogP contribution >= 0.6 is 0 Å². The van der Waals surface area contributed by atoms with Crippen LogP contribution in [-0.2, 0) is 14.6 Å². The van der Waals surface area contributed by atoms with E-state index >= 15 is 0 Å². The third-order valence-corrected chi connectivity index (χ3v) is 4.36. The van der Waals surface area contributed by atoms with E-state index in [1.54, 1.807) is 6.92 Å². The topological polar surface area (TPSA) is 66.5 Å². The summed E-state index contributed by atoms with van der Waals surface area (Å²) in [4.78, 5) is 12.1. The highest BCUT2D eigenvalue weighted by Crippen LogP contribution is 2.34. The molecule has 9 heteroatoms. The van der Waals surface area contributed by atoms with Crippen molar-refractivity contribution in [3.8, 4) is 0 Å². The molecule has 0 aliphatic rings. The largest absolute Gasteiger partial charge is 0.501 e. The smallest absolute Gasteiger partial charge is 0.375 e. The van der Waals surface area contributed by atoms with Gasteiger partial charge in [0, 0.05) is 13.6 Å². The molecule has 0 aromatic heterocycles. The van der Waals surface area contributed by atoms with Crippen molar-refractivity contribution in [3.63, 3.8) is 0 Å². The number of nitrogens with zero attached hydrogens (tertiary/aromatic N) is 1. The molecule has 0 radical (unpaired) electrons. The van der Waals surface area contributed by atoms with Crippen LogP contribution < -0.4 is 5.32 Å². The first-order valence-corrected chi connectivity index (χ1v) is 7.47. The summed E-state index contributed by atoms with van der Waals surface area (Å²) in [6, 6.07) is 4.59. The molecule has 118 valence electrons. The molecule has 1 aromatic rings. The van der Waals surface area contributed by atoms with Crippen LogP contribution in [0, 0.1) is 0 Å². The van der Waals surface area contributed by atoms with Crippen molar-refractivity contribution in [2.45, 2.75) is 17.3 Å². The molecular weight excluding hydrogens is 309 g/mol. The second-order valence-corrected chi connectivity index (χ2v) is 6.12. The molecule has 1 rings (SSSR count). The van der Waals surface area contributed by atoms with Gasteiger partial charge in [0.25, 0.3) is 9.84 Å². The van der Waals surface area contributed by atoms with Crippen LogP contribution in [0.15, 0.2) is 29.2 Å². The van der Waals surface area contributed by atoms with E-state index in [4.69, 9.17) is 0 Å². The standard InChI is InChI=1S/C12H15F3N2O3S/c1-3-17(2)11(18)8-16-9-6-4-5-7-10(9)21(19,20)12(13,14)15/h4-7,16H,3,8H2,1-2H3. The highest BCUT2D eigenvalue weighted by atomic mass is 32.2. The maximum atomic E-state index is 12.6. The van der Waals surface area contributed by atoms with Gasteiger partial charge in [-0.1, -0.05) is 12.1 Å². The van der Waals surface area contributed by atoms with Crippen molar-refractivity contribution >= 4 is 21.4 Å². The molecule has 5 nitrogen and oxygen atoms in total. The molecular formula is C12H15F3N2O3S. The minimum absolute atomic E-state index is 0.257. The highest BCUT2D eigenvalue weighted by Gasteiger charge is 2.47. The van der Waals surface area contributed by atoms with Gasteiger partial charge in [-0.25, -0.2) is 8.42 Å². The molecule has 0 heterocycles. The minimum atomic E-state index is -5.47. The number of nitrogens with one attached hydrogen (secondary N) is 1. The van der Waals surface area contributed by atoms with E-state index in [9.17, 15) is 26.4 Å². The average molecular weight is 324 g/mol. The number of para-hydroxylation sites is 1. The number of hydrogen-bond acceptors (Lipinski definition) is 4. The molecule has 0 bridgehead atoms. The highest BCUT2D eigenvalue weighted by molar-refractivity contribution is 7.92. The molecule has 0 saturated heterocycles. The molecule has 0 aliphatic heterocycles. The number of carbonyl (C=O) groups is 1. The number of benzene rings is 1. The fourth-order valence-electron chi connectivity index (χ4n) is 1.45. The number of likely N-dealkylation sites (N-methyl/N-ethyl adjacent to an activating group) is 1. The number of halogens is 3. The quantitative estimate of drug-likeness (QED) is 0.898. The molecule has 0 aliphatic carbocycles. The Morgan fingerprint density at radius 3 is 2.38 bits per heavy atom. The molecule has 21 heavy (non-hydrogen) atoms. The van der Waals surface area contributed by atoms with Gasteiger partial charge in [-0.05, 0) is 19.1 Å². The molecule has 1 amide bonds. The van der Waals surface area contributed by atoms with Gasteiger partial charge in [0.15, 0.2) is 0 Å². The summed E-state index contributed by atoms with van der Waals surface area (Å²) in [5, 5.41) is 2.44. The number of rotatable bonds is 5. The van der Waals surface area contributed by atoms with Crippen molar-refractivity contribution in [1.82, 2.24) is 4.90 Å². The van der Waals surface area contributed by atoms with E-state index in [0.717, 1.165) is 6.07 Å². The Balaban J connectivity index is 3.05. The van der Waals surface area contributed by atoms with Gasteiger partial charge in [-0.15, -0.1) is 0 Å². The summed E-state index contributed by atoms with van der Waals surface area (Å²) < 4.78 is 60.7. The second kappa shape index (κ2) is 6.33. The lowest BCUT2D eigenvalue weighted by Gasteiger charge is -2.17. The second-order valence-electron chi connectivity index (χ2n) is 4.21. The number of anilines is 1. The van der Waals surface area contributed by atoms with E-state index in [1.807, 2.05) is 0 Å². The first-order valence-electron chi connectivity index (χ1n) is 5.99. The van der Waals surface area contributed by atoms with Gasteiger partial charge in [-0.3, -0.25) is 4.79 Å². The molecule has 0 saturated carbocycles. The van der Waals surface area contributed by atoms with Crippen molar-refractivity contribution < 1.29 is 26.4 Å². The van der Waals surface area contributed by atoms with E-state index in [-0.39, 0.29) is 18.1 Å². The number of amides is 1. The summed E-state index contributed by atoms with van der Waals surface area (Å²) in [6.45, 7) is 1.87. The molecule has 1 aromatic carbocycles. The van der Waals surface area contributed by atoms with Gasteiger partial charge in [-0.2, -0.15) is 13.2 Å². The van der Waals surface area contributed by atoms with Crippen LogP contribution in [-0.4, -0.2) is 44.9 Å². The fraction of sp³-hybridized carbons (Fsp3) is 0.417. The Hall–Kier alpha value is -1.77. The number of hydrogen-bond donors (Lipinski definition) is 1. The predicted molar refractivity (Wildman–Crippen MR) is 71.5 cm³/mol. The Kier molecular flexibility index (Phi) is 5.21. The molecule has 0 unspecified atom stereocenters. The number of sulfone groups is 1. The predicted octanol–water partition coefficient (Wildman–Crippen LogP) is 1.87. The van der Waals surface area contributed by atoms with Crippen LogP contribution in [0.5, 0.6) is 0 Å². The minimum Gasteiger partial charge on any atom is -0.375 e. The Bertz CT molecular complexity index is 614. The zero-order chi connectivity index (χ0) is 16.3. The normalized spacial score (nSPS) is 12.0. The molecule has 0 spiro atoms. The first-order chi connectivity index (χ1) is 9.61. The molecule has 0 fully saturated rings. The Labute approximate surface area is 120 Å². The third kappa shape index (κ3) is 3.87. The van der Waals surface area contributed by atoms with Gasteiger partial charge in [0.1, 0.15) is 0 Å². The van der Waals surface area contributed by atoms with Gasteiger partial charge >= 0.3 is 5.51 Å². The summed E-state index contributed by atoms with van der Waals surface area (Å²) >= 11 is 0. The van der Waals surface area contributed by atoms with E-state index in [0.29, 0.717) is 6.54 Å². The summed E-state index contributed by atoms with van der Waals surface area (Å²) in [7, 11) is -3.94. The Morgan fingerprint density at radius 1 is 1.29 bits per heavy atom. The molecule has 1 N–H and O–H groups in total. The summed E-state index contributed by atoms with van der Waals surface area (Å²) in [5.74, 6) is -0.364. The van der Waals surface area contributed by atoms with Gasteiger partial charge < -0.3 is 10.2 Å². The van der Waals surface area contributed by atoms with Gasteiger partial charge in [0.05, 0.1) is 17.1 Å². The van der Waals surface area contributed by atoms with E-state index in [1.165, 1.54) is 30.1 Å². The van der Waals surface area contributed by atoms with E-state index in [2.05, 4.69) is 5.32 Å². The first kappa shape index (κ1) is 17.3. The van der Waals surface area contributed by atoms with Crippen molar-refractivity contribution in [2.24, 2.45) is 0 Å². The number of alkyl halides is 3. The molecule has 0 atom stereocenters. The van der Waals surface area contributed by atoms with E-state index < -0.39 is 20.2 Å². The zero-order valence-electron chi connectivity index (χ0n) is 11.4. The van der Waals surface area contributed by atoms with Crippen LogP contribution in [0.25, 0.3) is 0 Å². The van der Waals surface area contributed by atoms with Crippen LogP contribution in [0.3, 0.4) is 0 Å². The average Bonchev–Trinajstić information content (AvgIpc) is 2.42. The van der Waals surface area contributed by atoms with Crippen molar-refractivity contribution in [3.05, 3.63) is 24.3 Å². The maximum Gasteiger partial charge on any atom is 0.501 e. The van der Waals surface area contributed by atoms with Crippen LogP contribution in [0.4, 0.5) is 18.9 Å². The van der Waals surface area contributed by atoms with Gasteiger partial charge in [0.2, 0.25) is 5.91 Å². The third-order valence-electron chi connectivity index (χ3n) is 2.81. The zero-order valence-corrected chi connectivity index (χ0v) is 12.3. The van der Waals surface area contributed by atoms with Crippen molar-refractivity contribution in [1.29, 1.82) is 0 Å². The Morgan fingerprint density at radius 2 is 1.86 bits per heavy atom. The lowest BCUT2D eigenvalue weighted by Crippen LogP contribution is -2.32. The summed E-state index contributed by atoms with van der Waals surface area (Å²) in [5.41, 5.74) is -5.65. The number of carbonyl (C=O) groups excluding carboxylic acids is 1. The lowest BCUT2D eigenvalue weighted by atomic mass is 10.3. The lowest BCUT2D eigenvalue weighted by molar-refractivity contribution is -0.127. The van der Waals surface area contributed by atoms with Crippen LogP contribution in [0.1, 0.15) is 6.92 Å². The van der Waals surface area contributed by atoms with Crippen LogP contribution in [0.2, 0.25) is 0 Å². The fourth-order valence-corrected chi connectivity index (χ4v) is 2.39. The van der Waals surface area contributed by atoms with Crippen molar-refractivity contribution in [2.75, 3.05) is 25.5 Å². The SMILES string of the molecule is CCN(C)C(=O)CNc1ccccc1S(=O)(=O)C(F)(F)F.